The topological polar surface area (TPSA) is 54.3 Å². The molecule has 0 atom stereocenters. The number of carbonyl (C=O) groups is 1. The van der Waals surface area contributed by atoms with Crippen molar-refractivity contribution in [2.45, 2.75) is 20.3 Å². The van der Waals surface area contributed by atoms with E-state index >= 15 is 0 Å². The van der Waals surface area contributed by atoms with E-state index in [9.17, 15) is 4.79 Å². The molecule has 4 rings (SSSR count). The maximum atomic E-state index is 13.7. The van der Waals surface area contributed by atoms with Gasteiger partial charge in [0.05, 0.1) is 23.0 Å². The summed E-state index contributed by atoms with van der Waals surface area (Å²) in [6.07, 6.45) is 4.76. The van der Waals surface area contributed by atoms with Gasteiger partial charge in [0.25, 0.3) is 5.91 Å². The quantitative estimate of drug-likeness (QED) is 0.689. The Kier molecular flexibility index (Phi) is 4.89. The summed E-state index contributed by atoms with van der Waals surface area (Å²) in [5.41, 5.74) is 5.45. The Labute approximate surface area is 165 Å². The molecule has 1 aliphatic rings. The summed E-state index contributed by atoms with van der Waals surface area (Å²) in [7, 11) is 4.01. The molecule has 1 amide bonds. The average molecular weight is 377 g/mol. The Morgan fingerprint density at radius 3 is 2.64 bits per heavy atom. The summed E-state index contributed by atoms with van der Waals surface area (Å²) in [6, 6.07) is 6.14. The van der Waals surface area contributed by atoms with Crippen LogP contribution in [0.5, 0.6) is 0 Å². The van der Waals surface area contributed by atoms with Crippen molar-refractivity contribution in [3.05, 3.63) is 47.3 Å². The molecule has 0 saturated carbocycles. The fourth-order valence-corrected chi connectivity index (χ4v) is 3.98. The number of nitrogens with zero attached hydrogens (tertiary/aromatic N) is 5. The molecule has 3 heterocycles. The Morgan fingerprint density at radius 2 is 1.89 bits per heavy atom. The fourth-order valence-electron chi connectivity index (χ4n) is 3.98. The molecule has 1 aliphatic heterocycles. The van der Waals surface area contributed by atoms with Crippen LogP contribution in [0.4, 0.5) is 0 Å². The lowest BCUT2D eigenvalue weighted by Crippen LogP contribution is -2.35. The predicted octanol–water partition coefficient (Wildman–Crippen LogP) is 3.03. The van der Waals surface area contributed by atoms with Crippen molar-refractivity contribution in [3.63, 3.8) is 0 Å². The number of likely N-dealkylation sites (N-methyl/N-ethyl adjacent to an activating group) is 1. The molecule has 0 radical (unpaired) electrons. The van der Waals surface area contributed by atoms with Gasteiger partial charge < -0.3 is 9.80 Å². The van der Waals surface area contributed by atoms with Gasteiger partial charge in [0.2, 0.25) is 0 Å². The van der Waals surface area contributed by atoms with E-state index in [2.05, 4.69) is 30.0 Å². The number of hydrogen-bond donors (Lipinski definition) is 0. The minimum absolute atomic E-state index is 0.107. The Morgan fingerprint density at radius 1 is 1.07 bits per heavy atom. The van der Waals surface area contributed by atoms with E-state index in [1.807, 2.05) is 43.4 Å². The summed E-state index contributed by atoms with van der Waals surface area (Å²) in [4.78, 5) is 22.8. The maximum absolute atomic E-state index is 13.7. The van der Waals surface area contributed by atoms with Gasteiger partial charge in [-0.25, -0.2) is 4.98 Å². The highest BCUT2D eigenvalue weighted by Crippen LogP contribution is 2.31. The standard InChI is InChI=1S/C22H27N5O/c1-15-6-7-19-18(12-15)20(22(28)27-9-5-8-25(3)10-11-27)16(2)21(24-19)17-13-23-26(4)14-17/h6-7,12-14H,5,8-11H2,1-4H3. The number of hydrogen-bond acceptors (Lipinski definition) is 4. The van der Waals surface area contributed by atoms with Crippen molar-refractivity contribution in [2.24, 2.45) is 7.05 Å². The lowest BCUT2D eigenvalue weighted by Gasteiger charge is -2.23. The van der Waals surface area contributed by atoms with E-state index in [-0.39, 0.29) is 5.91 Å². The first kappa shape index (κ1) is 18.6. The summed E-state index contributed by atoms with van der Waals surface area (Å²) in [6.45, 7) is 7.54. The highest BCUT2D eigenvalue weighted by atomic mass is 16.2. The molecular formula is C22H27N5O. The summed E-state index contributed by atoms with van der Waals surface area (Å²) in [5.74, 6) is 0.107. The van der Waals surface area contributed by atoms with Gasteiger partial charge in [-0.2, -0.15) is 5.10 Å². The van der Waals surface area contributed by atoms with Crippen molar-refractivity contribution in [3.8, 4) is 11.3 Å². The molecule has 0 unspecified atom stereocenters. The van der Waals surface area contributed by atoms with Gasteiger partial charge in [-0.1, -0.05) is 11.6 Å². The number of amides is 1. The fraction of sp³-hybridized carbons (Fsp3) is 0.409. The molecule has 0 bridgehead atoms. The number of fused-ring (bicyclic) bond motifs is 1. The molecule has 2 aromatic heterocycles. The first-order valence-electron chi connectivity index (χ1n) is 9.82. The van der Waals surface area contributed by atoms with Crippen LogP contribution in [0.1, 0.15) is 27.9 Å². The van der Waals surface area contributed by atoms with Crippen LogP contribution in [-0.4, -0.2) is 63.7 Å². The molecule has 146 valence electrons. The highest BCUT2D eigenvalue weighted by Gasteiger charge is 2.25. The summed E-state index contributed by atoms with van der Waals surface area (Å²) < 4.78 is 1.77. The number of aromatic nitrogens is 3. The van der Waals surface area contributed by atoms with Crippen molar-refractivity contribution >= 4 is 16.8 Å². The van der Waals surface area contributed by atoms with Crippen LogP contribution in [0.15, 0.2) is 30.6 Å². The van der Waals surface area contributed by atoms with Gasteiger partial charge >= 0.3 is 0 Å². The zero-order valence-electron chi connectivity index (χ0n) is 17.1. The maximum Gasteiger partial charge on any atom is 0.254 e. The average Bonchev–Trinajstić information content (AvgIpc) is 2.97. The monoisotopic (exact) mass is 377 g/mol. The van der Waals surface area contributed by atoms with Crippen LogP contribution in [0.3, 0.4) is 0 Å². The number of aryl methyl sites for hydroxylation is 2. The van der Waals surface area contributed by atoms with E-state index in [4.69, 9.17) is 4.98 Å². The van der Waals surface area contributed by atoms with Crippen molar-refractivity contribution in [1.29, 1.82) is 0 Å². The van der Waals surface area contributed by atoms with E-state index in [1.165, 1.54) is 0 Å². The molecule has 1 fully saturated rings. The molecule has 0 N–H and O–H groups in total. The van der Waals surface area contributed by atoms with Gasteiger partial charge in [-0.3, -0.25) is 9.48 Å². The number of benzene rings is 1. The SMILES string of the molecule is Cc1ccc2nc(-c3cnn(C)c3)c(C)c(C(=O)N3CCCN(C)CC3)c2c1. The van der Waals surface area contributed by atoms with E-state index in [0.717, 1.165) is 71.5 Å². The smallest absolute Gasteiger partial charge is 0.254 e. The Balaban J connectivity index is 1.88. The molecule has 1 aromatic carbocycles. The van der Waals surface area contributed by atoms with Gasteiger partial charge in [0.15, 0.2) is 0 Å². The normalized spacial score (nSPS) is 15.8. The van der Waals surface area contributed by atoms with Gasteiger partial charge in [-0.15, -0.1) is 0 Å². The molecule has 3 aromatic rings. The third-order valence-electron chi connectivity index (χ3n) is 5.58. The Bertz CT molecular complexity index is 1040. The Hall–Kier alpha value is -2.73. The minimum atomic E-state index is 0.107. The molecule has 1 saturated heterocycles. The predicted molar refractivity (Wildman–Crippen MR) is 111 cm³/mol. The third kappa shape index (κ3) is 3.40. The lowest BCUT2D eigenvalue weighted by molar-refractivity contribution is 0.0764. The molecule has 6 nitrogen and oxygen atoms in total. The second-order valence-electron chi connectivity index (χ2n) is 7.83. The van der Waals surface area contributed by atoms with Crippen molar-refractivity contribution in [1.82, 2.24) is 24.6 Å². The third-order valence-corrected chi connectivity index (χ3v) is 5.58. The van der Waals surface area contributed by atoms with Gasteiger partial charge in [0.1, 0.15) is 0 Å². The second-order valence-corrected chi connectivity index (χ2v) is 7.83. The molecular weight excluding hydrogens is 350 g/mol. The first-order chi connectivity index (χ1) is 13.4. The van der Waals surface area contributed by atoms with E-state index in [1.54, 1.807) is 4.68 Å². The molecule has 0 aliphatic carbocycles. The first-order valence-corrected chi connectivity index (χ1v) is 9.82. The van der Waals surface area contributed by atoms with Crippen molar-refractivity contribution < 1.29 is 4.79 Å². The van der Waals surface area contributed by atoms with Gasteiger partial charge in [-0.05, 0) is 51.6 Å². The van der Waals surface area contributed by atoms with Crippen LogP contribution < -0.4 is 0 Å². The van der Waals surface area contributed by atoms with Crippen LogP contribution in [0.25, 0.3) is 22.2 Å². The number of carbonyl (C=O) groups excluding carboxylic acids is 1. The van der Waals surface area contributed by atoms with E-state index < -0.39 is 0 Å². The van der Waals surface area contributed by atoms with Crippen molar-refractivity contribution in [2.75, 3.05) is 33.2 Å². The highest BCUT2D eigenvalue weighted by molar-refractivity contribution is 6.09. The lowest BCUT2D eigenvalue weighted by atomic mass is 9.97. The van der Waals surface area contributed by atoms with Gasteiger partial charge in [0, 0.05) is 43.8 Å². The molecule has 28 heavy (non-hydrogen) atoms. The van der Waals surface area contributed by atoms with Crippen LogP contribution in [0, 0.1) is 13.8 Å². The summed E-state index contributed by atoms with van der Waals surface area (Å²) >= 11 is 0. The largest absolute Gasteiger partial charge is 0.337 e. The minimum Gasteiger partial charge on any atom is -0.337 e. The number of rotatable bonds is 2. The molecule has 6 heteroatoms. The van der Waals surface area contributed by atoms with Crippen LogP contribution in [-0.2, 0) is 7.05 Å². The van der Waals surface area contributed by atoms with Crippen LogP contribution in [0.2, 0.25) is 0 Å². The van der Waals surface area contributed by atoms with E-state index in [0.29, 0.717) is 0 Å². The zero-order valence-corrected chi connectivity index (χ0v) is 17.1. The molecule has 0 spiro atoms. The zero-order chi connectivity index (χ0) is 19.8. The summed E-state index contributed by atoms with van der Waals surface area (Å²) in [5, 5.41) is 5.23. The van der Waals surface area contributed by atoms with Crippen LogP contribution >= 0.6 is 0 Å². The second kappa shape index (κ2) is 7.36. The number of pyridine rings is 1.